The molecule has 0 unspecified atom stereocenters. The van der Waals surface area contributed by atoms with Crippen molar-refractivity contribution in [2.75, 3.05) is 7.11 Å². The highest BCUT2D eigenvalue weighted by atomic mass is 79.9. The summed E-state index contributed by atoms with van der Waals surface area (Å²) in [5, 5.41) is 13.5. The highest BCUT2D eigenvalue weighted by Gasteiger charge is 2.19. The molecule has 1 N–H and O–H groups in total. The lowest BCUT2D eigenvalue weighted by molar-refractivity contribution is -0.121. The van der Waals surface area contributed by atoms with Gasteiger partial charge >= 0.3 is 0 Å². The molecular formula is C17H21BrN4O3. The van der Waals surface area contributed by atoms with Crippen LogP contribution in [0.5, 0.6) is 0 Å². The van der Waals surface area contributed by atoms with E-state index in [0.29, 0.717) is 15.7 Å². The molecule has 7 nitrogen and oxygen atoms in total. The monoisotopic (exact) mass is 408 g/mol. The number of nitrogens with zero attached hydrogens (tertiary/aromatic N) is 3. The number of carbonyl (C=O) groups is 1. The molecule has 1 aromatic heterocycles. The molecule has 1 aromatic rings. The molecule has 2 rings (SSSR count). The summed E-state index contributed by atoms with van der Waals surface area (Å²) in [6.45, 7) is 1.66. The zero-order valence-corrected chi connectivity index (χ0v) is 16.0. The molecule has 8 heteroatoms. The first-order valence-electron chi connectivity index (χ1n) is 8.14. The van der Waals surface area contributed by atoms with Crippen molar-refractivity contribution in [1.82, 2.24) is 9.99 Å². The van der Waals surface area contributed by atoms with Crippen LogP contribution >= 0.6 is 15.9 Å². The lowest BCUT2D eigenvalue weighted by atomic mass is 9.99. The van der Waals surface area contributed by atoms with Crippen LogP contribution in [0.4, 0.5) is 0 Å². The summed E-state index contributed by atoms with van der Waals surface area (Å²) < 4.78 is 6.93. The van der Waals surface area contributed by atoms with Gasteiger partial charge in [0.05, 0.1) is 6.61 Å². The first-order chi connectivity index (χ1) is 12.0. The van der Waals surface area contributed by atoms with Gasteiger partial charge in [-0.15, -0.1) is 0 Å². The number of nitriles is 1. The maximum Gasteiger partial charge on any atom is 0.269 e. The minimum absolute atomic E-state index is 0.0225. The SMILES string of the molecule is COCc1c(Br)c(C)n(CC(=O)NN=C2CCCCC2)c(=O)c1C#N. The molecular weight excluding hydrogens is 388 g/mol. The average molecular weight is 409 g/mol. The maximum atomic E-state index is 12.6. The summed E-state index contributed by atoms with van der Waals surface area (Å²) in [4.78, 5) is 24.7. The Bertz CT molecular complexity index is 785. The predicted octanol–water partition coefficient (Wildman–Crippen LogP) is 2.37. The quantitative estimate of drug-likeness (QED) is 0.756. The average Bonchev–Trinajstić information content (AvgIpc) is 2.63. The predicted molar refractivity (Wildman–Crippen MR) is 97.2 cm³/mol. The van der Waals surface area contributed by atoms with Gasteiger partial charge in [0, 0.05) is 28.6 Å². The molecule has 0 bridgehead atoms. The Labute approximate surface area is 154 Å². The summed E-state index contributed by atoms with van der Waals surface area (Å²) >= 11 is 3.40. The standard InChI is InChI=1S/C17H21BrN4O3/c1-11-16(18)14(10-25-2)13(8-19)17(24)22(11)9-15(23)21-20-12-6-4-3-5-7-12/h3-7,9-10H2,1-2H3,(H,21,23). The number of methoxy groups -OCH3 is 1. The second kappa shape index (κ2) is 8.92. The van der Waals surface area contributed by atoms with Crippen LogP contribution < -0.4 is 11.0 Å². The number of hydrogen-bond donors (Lipinski definition) is 1. The molecule has 0 spiro atoms. The maximum absolute atomic E-state index is 12.6. The van der Waals surface area contributed by atoms with Gasteiger partial charge in [0.1, 0.15) is 18.2 Å². The molecule has 0 aromatic carbocycles. The summed E-state index contributed by atoms with van der Waals surface area (Å²) in [6, 6.07) is 1.91. The van der Waals surface area contributed by atoms with Crippen LogP contribution in [0.3, 0.4) is 0 Å². The van der Waals surface area contributed by atoms with Crippen molar-refractivity contribution in [2.24, 2.45) is 5.10 Å². The van der Waals surface area contributed by atoms with E-state index in [-0.39, 0.29) is 18.7 Å². The van der Waals surface area contributed by atoms with Gasteiger partial charge in [-0.1, -0.05) is 6.42 Å². The topological polar surface area (TPSA) is 96.5 Å². The van der Waals surface area contributed by atoms with Crippen LogP contribution in [0.25, 0.3) is 0 Å². The molecule has 0 saturated heterocycles. The highest BCUT2D eigenvalue weighted by Crippen LogP contribution is 2.23. The van der Waals surface area contributed by atoms with Gasteiger partial charge in [0.2, 0.25) is 0 Å². The summed E-state index contributed by atoms with van der Waals surface area (Å²) in [5.41, 5.74) is 4.03. The molecule has 1 saturated carbocycles. The fourth-order valence-electron chi connectivity index (χ4n) is 2.84. The van der Waals surface area contributed by atoms with Crippen molar-refractivity contribution in [1.29, 1.82) is 5.26 Å². The minimum Gasteiger partial charge on any atom is -0.380 e. The van der Waals surface area contributed by atoms with E-state index in [9.17, 15) is 14.9 Å². The van der Waals surface area contributed by atoms with Crippen LogP contribution in [0, 0.1) is 18.3 Å². The highest BCUT2D eigenvalue weighted by molar-refractivity contribution is 9.10. The number of aromatic nitrogens is 1. The summed E-state index contributed by atoms with van der Waals surface area (Å²) in [5.74, 6) is -0.390. The molecule has 1 amide bonds. The van der Waals surface area contributed by atoms with Crippen LogP contribution in [0.1, 0.15) is 48.9 Å². The van der Waals surface area contributed by atoms with Crippen LogP contribution in [0.15, 0.2) is 14.4 Å². The summed E-state index contributed by atoms with van der Waals surface area (Å²) in [7, 11) is 1.49. The molecule has 1 aliphatic carbocycles. The molecule has 0 radical (unpaired) electrons. The van der Waals surface area contributed by atoms with Crippen molar-refractivity contribution < 1.29 is 9.53 Å². The van der Waals surface area contributed by atoms with Gasteiger partial charge in [-0.05, 0) is 48.5 Å². The number of pyridine rings is 1. The largest absolute Gasteiger partial charge is 0.380 e. The smallest absolute Gasteiger partial charge is 0.269 e. The Morgan fingerprint density at radius 1 is 1.40 bits per heavy atom. The van der Waals surface area contributed by atoms with Crippen molar-refractivity contribution in [2.45, 2.75) is 52.2 Å². The number of carbonyl (C=O) groups excluding carboxylic acids is 1. The van der Waals surface area contributed by atoms with Gasteiger partial charge in [0.25, 0.3) is 11.5 Å². The normalized spacial score (nSPS) is 14.1. The molecule has 1 aliphatic rings. The number of hydrazone groups is 1. The second-order valence-corrected chi connectivity index (χ2v) is 6.76. The fourth-order valence-corrected chi connectivity index (χ4v) is 3.37. The first-order valence-corrected chi connectivity index (χ1v) is 8.94. The van der Waals surface area contributed by atoms with Crippen LogP contribution in [-0.4, -0.2) is 23.3 Å². The Kier molecular flexibility index (Phi) is 6.91. The van der Waals surface area contributed by atoms with E-state index in [0.717, 1.165) is 31.4 Å². The van der Waals surface area contributed by atoms with Gasteiger partial charge < -0.3 is 9.30 Å². The van der Waals surface area contributed by atoms with E-state index in [1.807, 2.05) is 6.07 Å². The van der Waals surface area contributed by atoms with Crippen molar-refractivity contribution in [3.05, 3.63) is 31.6 Å². The number of ether oxygens (including phenoxy) is 1. The number of hydrogen-bond acceptors (Lipinski definition) is 5. The minimum atomic E-state index is -0.504. The molecule has 0 atom stereocenters. The van der Waals surface area contributed by atoms with E-state index in [1.165, 1.54) is 18.1 Å². The third-order valence-electron chi connectivity index (χ3n) is 4.22. The lowest BCUT2D eigenvalue weighted by Crippen LogP contribution is -2.34. The van der Waals surface area contributed by atoms with E-state index in [4.69, 9.17) is 4.74 Å². The molecule has 134 valence electrons. The number of halogens is 1. The van der Waals surface area contributed by atoms with Gasteiger partial charge in [-0.2, -0.15) is 10.4 Å². The van der Waals surface area contributed by atoms with E-state index in [1.54, 1.807) is 6.92 Å². The molecule has 1 heterocycles. The molecule has 25 heavy (non-hydrogen) atoms. The van der Waals surface area contributed by atoms with E-state index >= 15 is 0 Å². The molecule has 0 aliphatic heterocycles. The zero-order valence-electron chi connectivity index (χ0n) is 14.4. The Morgan fingerprint density at radius 2 is 2.08 bits per heavy atom. The number of rotatable bonds is 5. The third kappa shape index (κ3) is 4.55. The second-order valence-electron chi connectivity index (χ2n) is 5.96. The van der Waals surface area contributed by atoms with Gasteiger partial charge in [-0.25, -0.2) is 5.43 Å². The molecule has 1 fully saturated rings. The third-order valence-corrected chi connectivity index (χ3v) is 5.27. The van der Waals surface area contributed by atoms with E-state index in [2.05, 4.69) is 26.5 Å². The Hall–Kier alpha value is -1.98. The summed E-state index contributed by atoms with van der Waals surface area (Å²) in [6.07, 6.45) is 5.17. The van der Waals surface area contributed by atoms with Crippen molar-refractivity contribution in [3.8, 4) is 6.07 Å². The Morgan fingerprint density at radius 3 is 2.68 bits per heavy atom. The Balaban J connectivity index is 2.24. The van der Waals surface area contributed by atoms with E-state index < -0.39 is 11.5 Å². The zero-order chi connectivity index (χ0) is 18.4. The van der Waals surface area contributed by atoms with Gasteiger partial charge in [0.15, 0.2) is 0 Å². The first kappa shape index (κ1) is 19.3. The fraction of sp³-hybridized carbons (Fsp3) is 0.529. The van der Waals surface area contributed by atoms with Crippen LogP contribution in [-0.2, 0) is 22.7 Å². The number of amides is 1. The van der Waals surface area contributed by atoms with Gasteiger partial charge in [-0.3, -0.25) is 9.59 Å². The lowest BCUT2D eigenvalue weighted by Gasteiger charge is -2.16. The van der Waals surface area contributed by atoms with Crippen LogP contribution in [0.2, 0.25) is 0 Å². The van der Waals surface area contributed by atoms with Crippen molar-refractivity contribution in [3.63, 3.8) is 0 Å². The number of nitrogens with one attached hydrogen (secondary N) is 1. The van der Waals surface area contributed by atoms with Crippen molar-refractivity contribution >= 4 is 27.5 Å².